The predicted molar refractivity (Wildman–Crippen MR) is 90.4 cm³/mol. The molecule has 2 aromatic rings. The summed E-state index contributed by atoms with van der Waals surface area (Å²) in [5.41, 5.74) is 2.32. The van der Waals surface area contributed by atoms with Gasteiger partial charge in [-0.3, -0.25) is 4.79 Å². The van der Waals surface area contributed by atoms with Gasteiger partial charge in [0.25, 0.3) is 0 Å². The molecule has 1 atom stereocenters. The number of nitrogens with one attached hydrogen (secondary N) is 2. The Bertz CT molecular complexity index is 801. The summed E-state index contributed by atoms with van der Waals surface area (Å²) in [5.74, 6) is -1.25. The SMILES string of the molecule is COC(=O)c1c(C)[nH]c(C(=O)[C@@H](C)Nc2ccc(F)c(Cl)c2)c1C. The number of rotatable bonds is 5. The highest BCUT2D eigenvalue weighted by atomic mass is 35.5. The number of Topliss-reactive ketones (excluding diaryl/α,β-unsaturated/α-hetero) is 1. The minimum Gasteiger partial charge on any atom is -0.465 e. The van der Waals surface area contributed by atoms with Crippen LogP contribution in [0.3, 0.4) is 0 Å². The molecule has 2 rings (SSSR count). The Morgan fingerprint density at radius 2 is 2.00 bits per heavy atom. The number of aromatic nitrogens is 1. The van der Waals surface area contributed by atoms with E-state index in [0.717, 1.165) is 0 Å². The van der Waals surface area contributed by atoms with Crippen LogP contribution in [-0.4, -0.2) is 29.9 Å². The quantitative estimate of drug-likeness (QED) is 0.632. The van der Waals surface area contributed by atoms with Crippen molar-refractivity contribution in [2.75, 3.05) is 12.4 Å². The van der Waals surface area contributed by atoms with Crippen LogP contribution in [-0.2, 0) is 4.74 Å². The number of ether oxygens (including phenoxy) is 1. The molecule has 0 saturated carbocycles. The van der Waals surface area contributed by atoms with Crippen LogP contribution in [0, 0.1) is 19.7 Å². The number of hydrogen-bond acceptors (Lipinski definition) is 4. The van der Waals surface area contributed by atoms with Crippen LogP contribution in [0.5, 0.6) is 0 Å². The molecule has 0 spiro atoms. The van der Waals surface area contributed by atoms with Crippen LogP contribution < -0.4 is 5.32 Å². The molecule has 1 aromatic heterocycles. The lowest BCUT2D eigenvalue weighted by Gasteiger charge is -2.14. The van der Waals surface area contributed by atoms with Gasteiger partial charge in [-0.25, -0.2) is 9.18 Å². The zero-order valence-corrected chi connectivity index (χ0v) is 14.5. The van der Waals surface area contributed by atoms with Gasteiger partial charge in [-0.1, -0.05) is 11.6 Å². The van der Waals surface area contributed by atoms with Crippen molar-refractivity contribution in [1.29, 1.82) is 0 Å². The topological polar surface area (TPSA) is 71.2 Å². The molecule has 1 heterocycles. The van der Waals surface area contributed by atoms with Gasteiger partial charge in [-0.2, -0.15) is 0 Å². The number of benzene rings is 1. The number of aromatic amines is 1. The second kappa shape index (κ2) is 7.05. The van der Waals surface area contributed by atoms with Crippen LogP contribution in [0.4, 0.5) is 10.1 Å². The Kier molecular flexibility index (Phi) is 5.29. The molecule has 0 saturated heterocycles. The fourth-order valence-corrected chi connectivity index (χ4v) is 2.70. The second-order valence-electron chi connectivity index (χ2n) is 5.48. The number of aryl methyl sites for hydroxylation is 1. The van der Waals surface area contributed by atoms with Crippen LogP contribution >= 0.6 is 11.6 Å². The summed E-state index contributed by atoms with van der Waals surface area (Å²) in [6, 6.07) is 3.53. The van der Waals surface area contributed by atoms with E-state index in [9.17, 15) is 14.0 Å². The van der Waals surface area contributed by atoms with Crippen LogP contribution in [0.2, 0.25) is 5.02 Å². The summed E-state index contributed by atoms with van der Waals surface area (Å²) in [5, 5.41) is 2.94. The fourth-order valence-electron chi connectivity index (χ4n) is 2.52. The maximum atomic E-state index is 13.2. The van der Waals surface area contributed by atoms with E-state index >= 15 is 0 Å². The van der Waals surface area contributed by atoms with Crippen molar-refractivity contribution in [3.8, 4) is 0 Å². The van der Waals surface area contributed by atoms with Crippen molar-refractivity contribution in [2.24, 2.45) is 0 Å². The van der Waals surface area contributed by atoms with Crippen molar-refractivity contribution < 1.29 is 18.7 Å². The molecule has 1 aromatic carbocycles. The lowest BCUT2D eigenvalue weighted by atomic mass is 10.0. The molecule has 0 radical (unpaired) electrons. The van der Waals surface area contributed by atoms with Crippen molar-refractivity contribution in [1.82, 2.24) is 4.98 Å². The zero-order chi connectivity index (χ0) is 18.0. The van der Waals surface area contributed by atoms with Gasteiger partial charge in [0.1, 0.15) is 5.82 Å². The average molecular weight is 353 g/mol. The lowest BCUT2D eigenvalue weighted by Crippen LogP contribution is -2.27. The lowest BCUT2D eigenvalue weighted by molar-refractivity contribution is 0.0599. The minimum absolute atomic E-state index is 0.0282. The summed E-state index contributed by atoms with van der Waals surface area (Å²) >= 11 is 5.74. The molecule has 0 fully saturated rings. The fraction of sp³-hybridized carbons (Fsp3) is 0.294. The Labute approximate surface area is 144 Å². The molecule has 0 unspecified atom stereocenters. The van der Waals surface area contributed by atoms with Gasteiger partial charge >= 0.3 is 5.97 Å². The zero-order valence-electron chi connectivity index (χ0n) is 13.8. The van der Waals surface area contributed by atoms with E-state index in [1.165, 1.54) is 25.3 Å². The summed E-state index contributed by atoms with van der Waals surface area (Å²) in [4.78, 5) is 27.4. The second-order valence-corrected chi connectivity index (χ2v) is 5.88. The van der Waals surface area contributed by atoms with Gasteiger partial charge < -0.3 is 15.0 Å². The summed E-state index contributed by atoms with van der Waals surface area (Å²) in [7, 11) is 1.29. The normalized spacial score (nSPS) is 11.9. The van der Waals surface area contributed by atoms with E-state index in [1.54, 1.807) is 20.8 Å². The first-order valence-electron chi connectivity index (χ1n) is 7.29. The van der Waals surface area contributed by atoms with Gasteiger partial charge in [-0.05, 0) is 44.5 Å². The molecule has 7 heteroatoms. The number of carbonyl (C=O) groups excluding carboxylic acids is 2. The van der Waals surface area contributed by atoms with Crippen LogP contribution in [0.15, 0.2) is 18.2 Å². The monoisotopic (exact) mass is 352 g/mol. The van der Waals surface area contributed by atoms with Gasteiger partial charge in [0.15, 0.2) is 0 Å². The Hall–Kier alpha value is -2.34. The van der Waals surface area contributed by atoms with E-state index in [2.05, 4.69) is 10.3 Å². The minimum atomic E-state index is -0.603. The third-order valence-corrected chi connectivity index (χ3v) is 4.06. The van der Waals surface area contributed by atoms with E-state index in [4.69, 9.17) is 16.3 Å². The highest BCUT2D eigenvalue weighted by Crippen LogP contribution is 2.23. The first-order valence-corrected chi connectivity index (χ1v) is 7.67. The summed E-state index contributed by atoms with van der Waals surface area (Å²) in [6.07, 6.45) is 0. The van der Waals surface area contributed by atoms with Crippen molar-refractivity contribution in [3.05, 3.63) is 51.6 Å². The Balaban J connectivity index is 2.25. The molecule has 24 heavy (non-hydrogen) atoms. The van der Waals surface area contributed by atoms with Gasteiger partial charge in [0.2, 0.25) is 5.78 Å². The molecular formula is C17H18ClFN2O3. The first-order chi connectivity index (χ1) is 11.3. The van der Waals surface area contributed by atoms with E-state index < -0.39 is 17.8 Å². The number of H-pyrrole nitrogens is 1. The first kappa shape index (κ1) is 18.0. The number of halogens is 2. The smallest absolute Gasteiger partial charge is 0.339 e. The maximum absolute atomic E-state index is 13.2. The van der Waals surface area contributed by atoms with Gasteiger partial charge in [-0.15, -0.1) is 0 Å². The number of carbonyl (C=O) groups is 2. The summed E-state index contributed by atoms with van der Waals surface area (Å²) in [6.45, 7) is 5.06. The molecule has 0 aliphatic heterocycles. The maximum Gasteiger partial charge on any atom is 0.339 e. The van der Waals surface area contributed by atoms with Crippen LogP contribution in [0.25, 0.3) is 0 Å². The molecule has 0 aliphatic carbocycles. The largest absolute Gasteiger partial charge is 0.465 e. The van der Waals surface area contributed by atoms with E-state index in [-0.39, 0.29) is 10.8 Å². The predicted octanol–water partition coefficient (Wildman–Crippen LogP) is 3.89. The van der Waals surface area contributed by atoms with Crippen molar-refractivity contribution in [2.45, 2.75) is 26.8 Å². The van der Waals surface area contributed by atoms with E-state index in [0.29, 0.717) is 28.2 Å². The Morgan fingerprint density at radius 3 is 2.58 bits per heavy atom. The van der Waals surface area contributed by atoms with Crippen molar-refractivity contribution >= 4 is 29.0 Å². The molecule has 0 bridgehead atoms. The molecular weight excluding hydrogens is 335 g/mol. The van der Waals surface area contributed by atoms with Crippen molar-refractivity contribution in [3.63, 3.8) is 0 Å². The number of methoxy groups -OCH3 is 1. The highest BCUT2D eigenvalue weighted by molar-refractivity contribution is 6.31. The Morgan fingerprint density at radius 1 is 1.33 bits per heavy atom. The van der Waals surface area contributed by atoms with Gasteiger partial charge in [0.05, 0.1) is 29.4 Å². The summed E-state index contributed by atoms with van der Waals surface area (Å²) < 4.78 is 17.9. The molecule has 0 aliphatic rings. The molecule has 2 N–H and O–H groups in total. The number of ketones is 1. The molecule has 128 valence electrons. The van der Waals surface area contributed by atoms with Crippen LogP contribution in [0.1, 0.15) is 39.0 Å². The number of hydrogen-bond donors (Lipinski definition) is 2. The highest BCUT2D eigenvalue weighted by Gasteiger charge is 2.25. The third kappa shape index (κ3) is 3.43. The molecule has 0 amide bonds. The standard InChI is InChI=1S/C17H18ClFN2O3/c1-8-14(17(23)24-4)9(2)21-15(8)16(22)10(3)20-11-5-6-13(19)12(18)7-11/h5-7,10,20-21H,1-4H3/t10-/m1/s1. The van der Waals surface area contributed by atoms with E-state index in [1.807, 2.05) is 0 Å². The average Bonchev–Trinajstić information content (AvgIpc) is 2.84. The molecule has 5 nitrogen and oxygen atoms in total. The number of anilines is 1. The third-order valence-electron chi connectivity index (χ3n) is 3.77. The van der Waals surface area contributed by atoms with Gasteiger partial charge in [0, 0.05) is 11.4 Å². The number of esters is 1.